The lowest BCUT2D eigenvalue weighted by molar-refractivity contribution is -0.139. The highest BCUT2D eigenvalue weighted by Crippen LogP contribution is 2.33. The maximum atomic E-state index is 13.3. The predicted molar refractivity (Wildman–Crippen MR) is 137 cm³/mol. The second kappa shape index (κ2) is 13.2. The molecule has 10 heteroatoms. The fourth-order valence-electron chi connectivity index (χ4n) is 4.62. The lowest BCUT2D eigenvalue weighted by Gasteiger charge is -2.38. The lowest BCUT2D eigenvalue weighted by Crippen LogP contribution is -2.51. The monoisotopic (exact) mass is 501 g/mol. The third kappa shape index (κ3) is 6.48. The highest BCUT2D eigenvalue weighted by molar-refractivity contribution is 5.95. The first-order valence-corrected chi connectivity index (χ1v) is 12.8. The van der Waals surface area contributed by atoms with Crippen LogP contribution in [0.4, 0.5) is 9.59 Å². The van der Waals surface area contributed by atoms with E-state index in [0.29, 0.717) is 56.3 Å². The zero-order chi connectivity index (χ0) is 26.1. The summed E-state index contributed by atoms with van der Waals surface area (Å²) in [5.41, 5.74) is 1.80. The number of carbonyl (C=O) groups is 3. The zero-order valence-corrected chi connectivity index (χ0v) is 21.8. The van der Waals surface area contributed by atoms with E-state index in [1.54, 1.807) is 18.9 Å². The van der Waals surface area contributed by atoms with Crippen molar-refractivity contribution in [3.8, 4) is 5.75 Å². The maximum absolute atomic E-state index is 13.3. The van der Waals surface area contributed by atoms with Crippen LogP contribution in [0.1, 0.15) is 45.2 Å². The van der Waals surface area contributed by atoms with Crippen molar-refractivity contribution in [1.29, 1.82) is 0 Å². The first-order valence-electron chi connectivity index (χ1n) is 12.8. The van der Waals surface area contributed by atoms with E-state index in [2.05, 4.69) is 15.5 Å². The van der Waals surface area contributed by atoms with Gasteiger partial charge in [0, 0.05) is 51.5 Å². The van der Waals surface area contributed by atoms with Crippen molar-refractivity contribution in [2.45, 2.75) is 39.7 Å². The van der Waals surface area contributed by atoms with Crippen LogP contribution in [0.25, 0.3) is 0 Å². The van der Waals surface area contributed by atoms with Crippen LogP contribution < -0.4 is 15.4 Å². The molecule has 1 fully saturated rings. The predicted octanol–water partition coefficient (Wildman–Crippen LogP) is 2.73. The molecular formula is C26H39N5O5. The van der Waals surface area contributed by atoms with Gasteiger partial charge in [-0.2, -0.15) is 0 Å². The number of urea groups is 2. The van der Waals surface area contributed by atoms with Crippen LogP contribution in [0.5, 0.6) is 5.75 Å². The van der Waals surface area contributed by atoms with Gasteiger partial charge in [-0.25, -0.2) is 14.4 Å². The molecule has 4 amide bonds. The fourth-order valence-corrected chi connectivity index (χ4v) is 4.62. The molecule has 3 rings (SSSR count). The molecule has 0 radical (unpaired) electrons. The van der Waals surface area contributed by atoms with Crippen LogP contribution in [0.2, 0.25) is 0 Å². The standard InChI is InChI=1S/C26H39N5O5/c1-5-12-27-25(33)30-14-9-13-29(15-16-30)18-21-22(24(32)36-7-3)23(28-26(34)31(21)6-2)19-10-8-11-20(17-19)35-4/h8,10-11,17,23H,5-7,9,12-16,18H2,1-4H3,(H,27,33)(H,28,34)/t23-/m1/s1. The van der Waals surface area contributed by atoms with Crippen molar-refractivity contribution in [3.05, 3.63) is 41.1 Å². The number of ether oxygens (including phenoxy) is 2. The van der Waals surface area contributed by atoms with Gasteiger partial charge in [-0.15, -0.1) is 0 Å². The number of rotatable bonds is 9. The van der Waals surface area contributed by atoms with Crippen LogP contribution in [-0.2, 0) is 9.53 Å². The number of esters is 1. The molecule has 0 aromatic heterocycles. The molecule has 1 atom stereocenters. The number of amides is 4. The van der Waals surface area contributed by atoms with Gasteiger partial charge in [0.15, 0.2) is 0 Å². The van der Waals surface area contributed by atoms with Gasteiger partial charge in [0.25, 0.3) is 0 Å². The third-order valence-electron chi connectivity index (χ3n) is 6.45. The first-order chi connectivity index (χ1) is 17.4. The fraction of sp³-hybridized carbons (Fsp3) is 0.577. The van der Waals surface area contributed by atoms with Crippen LogP contribution in [-0.4, -0.2) is 92.3 Å². The van der Waals surface area contributed by atoms with Crippen molar-refractivity contribution >= 4 is 18.0 Å². The number of nitrogens with one attached hydrogen (secondary N) is 2. The van der Waals surface area contributed by atoms with Crippen LogP contribution >= 0.6 is 0 Å². The van der Waals surface area contributed by atoms with Gasteiger partial charge in [0.05, 0.1) is 25.3 Å². The van der Waals surface area contributed by atoms with Crippen molar-refractivity contribution in [3.63, 3.8) is 0 Å². The molecular weight excluding hydrogens is 462 g/mol. The minimum atomic E-state index is -0.659. The lowest BCUT2D eigenvalue weighted by atomic mass is 9.94. The summed E-state index contributed by atoms with van der Waals surface area (Å²) < 4.78 is 10.8. The molecule has 1 aromatic carbocycles. The van der Waals surface area contributed by atoms with E-state index >= 15 is 0 Å². The van der Waals surface area contributed by atoms with Crippen molar-refractivity contribution < 1.29 is 23.9 Å². The van der Waals surface area contributed by atoms with Crippen LogP contribution in [0, 0.1) is 0 Å². The average molecular weight is 502 g/mol. The molecule has 0 saturated carbocycles. The van der Waals surface area contributed by atoms with Gasteiger partial charge in [-0.1, -0.05) is 19.1 Å². The van der Waals surface area contributed by atoms with E-state index in [0.717, 1.165) is 24.9 Å². The number of likely N-dealkylation sites (N-methyl/N-ethyl adjacent to an activating group) is 1. The Kier molecular flexibility index (Phi) is 9.98. The highest BCUT2D eigenvalue weighted by Gasteiger charge is 2.38. The van der Waals surface area contributed by atoms with Crippen molar-refractivity contribution in [1.82, 2.24) is 25.3 Å². The Morgan fingerprint density at radius 3 is 2.64 bits per heavy atom. The van der Waals surface area contributed by atoms with E-state index in [1.807, 2.05) is 43.0 Å². The molecule has 1 saturated heterocycles. The zero-order valence-electron chi connectivity index (χ0n) is 21.8. The number of methoxy groups -OCH3 is 1. The molecule has 198 valence electrons. The molecule has 2 aliphatic heterocycles. The molecule has 0 spiro atoms. The first kappa shape index (κ1) is 27.3. The van der Waals surface area contributed by atoms with Gasteiger partial charge >= 0.3 is 18.0 Å². The summed E-state index contributed by atoms with van der Waals surface area (Å²) in [5, 5.41) is 5.93. The Morgan fingerprint density at radius 1 is 1.14 bits per heavy atom. The summed E-state index contributed by atoms with van der Waals surface area (Å²) >= 11 is 0. The van der Waals surface area contributed by atoms with Gasteiger partial charge in [-0.05, 0) is 44.4 Å². The average Bonchev–Trinajstić information content (AvgIpc) is 3.13. The molecule has 10 nitrogen and oxygen atoms in total. The topological polar surface area (TPSA) is 103 Å². The van der Waals surface area contributed by atoms with Gasteiger partial charge in [0.2, 0.25) is 0 Å². The summed E-state index contributed by atoms with van der Waals surface area (Å²) in [4.78, 5) is 44.6. The number of hydrogen-bond donors (Lipinski definition) is 2. The van der Waals surface area contributed by atoms with Gasteiger partial charge in [0.1, 0.15) is 5.75 Å². The van der Waals surface area contributed by atoms with E-state index in [9.17, 15) is 14.4 Å². The van der Waals surface area contributed by atoms with Crippen molar-refractivity contribution in [2.75, 3.05) is 59.5 Å². The summed E-state index contributed by atoms with van der Waals surface area (Å²) in [6.07, 6.45) is 1.69. The Balaban J connectivity index is 1.93. The Morgan fingerprint density at radius 2 is 1.94 bits per heavy atom. The Hall–Kier alpha value is -3.27. The van der Waals surface area contributed by atoms with Crippen molar-refractivity contribution in [2.24, 2.45) is 0 Å². The summed E-state index contributed by atoms with van der Waals surface area (Å²) in [5.74, 6) is 0.188. The Labute approximate surface area is 213 Å². The van der Waals surface area contributed by atoms with Gasteiger partial charge in [-0.3, -0.25) is 9.80 Å². The molecule has 2 aliphatic rings. The highest BCUT2D eigenvalue weighted by atomic mass is 16.5. The second-order valence-corrected chi connectivity index (χ2v) is 8.83. The second-order valence-electron chi connectivity index (χ2n) is 8.83. The molecule has 2 N–H and O–H groups in total. The summed E-state index contributed by atoms with van der Waals surface area (Å²) in [7, 11) is 1.58. The molecule has 2 heterocycles. The minimum absolute atomic E-state index is 0.0459. The SMILES string of the molecule is CCCNC(=O)N1CCCN(CC2=C(C(=O)OCC)[C@@H](c3cccc(OC)c3)NC(=O)N2CC)CC1. The maximum Gasteiger partial charge on any atom is 0.338 e. The quantitative estimate of drug-likeness (QED) is 0.505. The molecule has 1 aromatic rings. The molecule has 0 unspecified atom stereocenters. The van der Waals surface area contributed by atoms with E-state index in [-0.39, 0.29) is 18.7 Å². The smallest absolute Gasteiger partial charge is 0.338 e. The summed E-state index contributed by atoms with van der Waals surface area (Å²) in [6, 6.07) is 6.38. The number of hydrogen-bond acceptors (Lipinski definition) is 6. The number of carbonyl (C=O) groups excluding carboxylic acids is 3. The molecule has 36 heavy (non-hydrogen) atoms. The van der Waals surface area contributed by atoms with E-state index in [1.165, 1.54) is 0 Å². The largest absolute Gasteiger partial charge is 0.497 e. The van der Waals surface area contributed by atoms with Crippen LogP contribution in [0.3, 0.4) is 0 Å². The molecule has 0 aliphatic carbocycles. The van der Waals surface area contributed by atoms with E-state index < -0.39 is 12.0 Å². The van der Waals surface area contributed by atoms with Crippen LogP contribution in [0.15, 0.2) is 35.5 Å². The third-order valence-corrected chi connectivity index (χ3v) is 6.45. The molecule has 0 bridgehead atoms. The van der Waals surface area contributed by atoms with Gasteiger partial charge < -0.3 is 25.0 Å². The normalized spacial score (nSPS) is 19.0. The van der Waals surface area contributed by atoms with E-state index in [4.69, 9.17) is 9.47 Å². The minimum Gasteiger partial charge on any atom is -0.497 e. The number of nitrogens with zero attached hydrogens (tertiary/aromatic N) is 3. The Bertz CT molecular complexity index is 966. The summed E-state index contributed by atoms with van der Waals surface area (Å²) in [6.45, 7) is 10.0. The number of benzene rings is 1.